The molecule has 0 bridgehead atoms. The summed E-state index contributed by atoms with van der Waals surface area (Å²) >= 11 is 0. The fourth-order valence-electron chi connectivity index (χ4n) is 3.15. The summed E-state index contributed by atoms with van der Waals surface area (Å²) in [5, 5.41) is 8.96. The van der Waals surface area contributed by atoms with Crippen LogP contribution in [0.15, 0.2) is 18.5 Å². The van der Waals surface area contributed by atoms with Crippen molar-refractivity contribution in [1.82, 2.24) is 9.88 Å². The van der Waals surface area contributed by atoms with Gasteiger partial charge in [-0.05, 0) is 12.5 Å². The van der Waals surface area contributed by atoms with E-state index in [4.69, 9.17) is 9.84 Å². The number of carboxylic acids is 1. The summed E-state index contributed by atoms with van der Waals surface area (Å²) in [6.07, 6.45) is 2.17. The molecule has 0 saturated carbocycles. The van der Waals surface area contributed by atoms with Crippen LogP contribution in [0.25, 0.3) is 0 Å². The average Bonchev–Trinajstić information content (AvgIpc) is 3.00. The van der Waals surface area contributed by atoms with Crippen LogP contribution < -0.4 is 0 Å². The number of nitrogens with zero attached hydrogens (tertiary/aromatic N) is 2. The molecule has 1 N–H and O–H groups in total. The maximum absolute atomic E-state index is 14.3. The van der Waals surface area contributed by atoms with Gasteiger partial charge in [-0.2, -0.15) is 0 Å². The number of alkyl halides is 2. The van der Waals surface area contributed by atoms with Gasteiger partial charge in [-0.25, -0.2) is 13.6 Å². The highest BCUT2D eigenvalue weighted by Crippen LogP contribution is 2.48. The van der Waals surface area contributed by atoms with Crippen molar-refractivity contribution in [1.29, 1.82) is 0 Å². The van der Waals surface area contributed by atoms with Gasteiger partial charge in [0.25, 0.3) is 11.8 Å². The fourth-order valence-corrected chi connectivity index (χ4v) is 3.15. The number of carboxylic acid groups (broad SMARTS) is 1. The van der Waals surface area contributed by atoms with Gasteiger partial charge >= 0.3 is 5.97 Å². The Balaban J connectivity index is 1.83. The highest BCUT2D eigenvalue weighted by molar-refractivity contribution is 5.97. The summed E-state index contributed by atoms with van der Waals surface area (Å²) in [4.78, 5) is 28.6. The van der Waals surface area contributed by atoms with Crippen LogP contribution in [0.1, 0.15) is 33.6 Å². The van der Waals surface area contributed by atoms with E-state index in [1.807, 2.05) is 0 Å². The minimum absolute atomic E-state index is 0.0722. The summed E-state index contributed by atoms with van der Waals surface area (Å²) in [5.74, 6) is -4.55. The monoisotopic (exact) mass is 326 g/mol. The number of carbonyl (C=O) groups is 2. The van der Waals surface area contributed by atoms with Crippen LogP contribution in [-0.4, -0.2) is 59.1 Å². The van der Waals surface area contributed by atoms with Gasteiger partial charge < -0.3 is 14.7 Å². The molecule has 3 rings (SSSR count). The molecule has 6 nitrogen and oxygen atoms in total. The van der Waals surface area contributed by atoms with Crippen molar-refractivity contribution in [3.8, 4) is 0 Å². The van der Waals surface area contributed by atoms with Crippen molar-refractivity contribution in [3.63, 3.8) is 0 Å². The second-order valence-corrected chi connectivity index (χ2v) is 6.03. The number of rotatable bonds is 2. The molecule has 1 atom stereocenters. The third-order valence-electron chi connectivity index (χ3n) is 4.59. The van der Waals surface area contributed by atoms with Crippen molar-refractivity contribution >= 4 is 11.9 Å². The molecule has 2 aliphatic heterocycles. The number of halogens is 2. The number of hydrogen-bond donors (Lipinski definition) is 1. The maximum atomic E-state index is 14.3. The summed E-state index contributed by atoms with van der Waals surface area (Å²) in [6.45, 7) is 0.00584. The lowest BCUT2D eigenvalue weighted by Crippen LogP contribution is -2.57. The molecule has 23 heavy (non-hydrogen) atoms. The second kappa shape index (κ2) is 5.52. The lowest BCUT2D eigenvalue weighted by molar-refractivity contribution is -0.159. The van der Waals surface area contributed by atoms with Crippen molar-refractivity contribution in [2.45, 2.75) is 18.8 Å². The van der Waals surface area contributed by atoms with E-state index in [0.717, 1.165) is 6.20 Å². The van der Waals surface area contributed by atoms with Gasteiger partial charge in [0.1, 0.15) is 0 Å². The minimum Gasteiger partial charge on any atom is -0.478 e. The number of ether oxygens (including phenoxy) is 1. The normalized spacial score (nSPS) is 26.4. The van der Waals surface area contributed by atoms with Gasteiger partial charge in [-0.1, -0.05) is 0 Å². The number of aromatic carboxylic acids is 1. The van der Waals surface area contributed by atoms with E-state index >= 15 is 0 Å². The van der Waals surface area contributed by atoms with Crippen LogP contribution in [0, 0.1) is 5.41 Å². The fraction of sp³-hybridized carbons (Fsp3) is 0.533. The molecule has 1 spiro atoms. The molecule has 3 heterocycles. The smallest absolute Gasteiger partial charge is 0.337 e. The van der Waals surface area contributed by atoms with Crippen molar-refractivity contribution in [2.24, 2.45) is 5.41 Å². The molecular formula is C15H16F2N2O4. The quantitative estimate of drug-likeness (QED) is 0.894. The van der Waals surface area contributed by atoms with Crippen molar-refractivity contribution in [2.75, 3.05) is 26.3 Å². The minimum atomic E-state index is -2.87. The zero-order valence-electron chi connectivity index (χ0n) is 12.3. The van der Waals surface area contributed by atoms with Crippen LogP contribution >= 0.6 is 0 Å². The Morgan fingerprint density at radius 3 is 2.65 bits per heavy atom. The van der Waals surface area contributed by atoms with Crippen molar-refractivity contribution < 1.29 is 28.2 Å². The Bertz CT molecular complexity index is 644. The van der Waals surface area contributed by atoms with Crippen LogP contribution in [-0.2, 0) is 4.74 Å². The molecular weight excluding hydrogens is 310 g/mol. The Kier molecular flexibility index (Phi) is 3.79. The van der Waals surface area contributed by atoms with E-state index in [2.05, 4.69) is 4.98 Å². The third-order valence-corrected chi connectivity index (χ3v) is 4.59. The number of pyridine rings is 1. The number of hydrogen-bond acceptors (Lipinski definition) is 4. The van der Waals surface area contributed by atoms with Crippen LogP contribution in [0.2, 0.25) is 0 Å². The van der Waals surface area contributed by atoms with Crippen LogP contribution in [0.4, 0.5) is 8.78 Å². The van der Waals surface area contributed by atoms with Gasteiger partial charge in [0.15, 0.2) is 0 Å². The first kappa shape index (κ1) is 15.8. The van der Waals surface area contributed by atoms with E-state index in [9.17, 15) is 18.4 Å². The second-order valence-electron chi connectivity index (χ2n) is 6.03. The van der Waals surface area contributed by atoms with Crippen LogP contribution in [0.3, 0.4) is 0 Å². The van der Waals surface area contributed by atoms with Gasteiger partial charge in [0, 0.05) is 38.5 Å². The number of piperidine rings is 1. The first-order valence-corrected chi connectivity index (χ1v) is 7.28. The van der Waals surface area contributed by atoms with E-state index in [-0.39, 0.29) is 43.9 Å². The highest BCUT2D eigenvalue weighted by Gasteiger charge is 2.59. The standard InChI is InChI=1S/C15H16F2N2O4/c16-15(17)1-3-19(8-14(15)2-4-23-9-14)12(20)10-5-11(13(21)22)7-18-6-10/h5-7H,1-4,8-9H2,(H,21,22). The molecule has 1 aromatic rings. The largest absolute Gasteiger partial charge is 0.478 e. The molecule has 0 radical (unpaired) electrons. The molecule has 8 heteroatoms. The molecule has 1 amide bonds. The zero-order valence-corrected chi connectivity index (χ0v) is 12.3. The van der Waals surface area contributed by atoms with Gasteiger partial charge in [0.05, 0.1) is 23.1 Å². The molecule has 2 aliphatic rings. The summed E-state index contributed by atoms with van der Waals surface area (Å²) < 4.78 is 33.7. The van der Waals surface area contributed by atoms with Crippen molar-refractivity contribution in [3.05, 3.63) is 29.6 Å². The molecule has 1 unspecified atom stereocenters. The zero-order chi connectivity index (χ0) is 16.7. The van der Waals surface area contributed by atoms with E-state index in [1.165, 1.54) is 17.2 Å². The average molecular weight is 326 g/mol. The molecule has 2 fully saturated rings. The van der Waals surface area contributed by atoms with Gasteiger partial charge in [-0.15, -0.1) is 0 Å². The highest BCUT2D eigenvalue weighted by atomic mass is 19.3. The summed E-state index contributed by atoms with van der Waals surface area (Å²) in [6, 6.07) is 1.21. The van der Waals surface area contributed by atoms with Crippen LogP contribution in [0.5, 0.6) is 0 Å². The molecule has 124 valence electrons. The molecule has 2 saturated heterocycles. The Hall–Kier alpha value is -2.09. The van der Waals surface area contributed by atoms with E-state index < -0.39 is 29.6 Å². The number of carbonyl (C=O) groups excluding carboxylic acids is 1. The number of amides is 1. The first-order chi connectivity index (χ1) is 10.8. The van der Waals surface area contributed by atoms with E-state index in [1.54, 1.807) is 0 Å². The topological polar surface area (TPSA) is 79.7 Å². The Morgan fingerprint density at radius 1 is 1.26 bits per heavy atom. The maximum Gasteiger partial charge on any atom is 0.337 e. The summed E-state index contributed by atoms with van der Waals surface area (Å²) in [7, 11) is 0. The SMILES string of the molecule is O=C(O)c1cncc(C(=O)N2CCC(F)(F)C3(CCOC3)C2)c1. The first-order valence-electron chi connectivity index (χ1n) is 7.28. The van der Waals surface area contributed by atoms with E-state index in [0.29, 0.717) is 0 Å². The number of aromatic nitrogens is 1. The van der Waals surface area contributed by atoms with Gasteiger partial charge in [0.2, 0.25) is 0 Å². The summed E-state index contributed by atoms with van der Waals surface area (Å²) in [5.41, 5.74) is -1.38. The molecule has 0 aromatic carbocycles. The third kappa shape index (κ3) is 2.67. The van der Waals surface area contributed by atoms with Gasteiger partial charge in [-0.3, -0.25) is 9.78 Å². The lowest BCUT2D eigenvalue weighted by Gasteiger charge is -2.45. The molecule has 1 aromatic heterocycles. The Morgan fingerprint density at radius 2 is 2.00 bits per heavy atom. The lowest BCUT2D eigenvalue weighted by atomic mass is 9.75. The number of likely N-dealkylation sites (tertiary alicyclic amines) is 1. The molecule has 0 aliphatic carbocycles. The predicted octanol–water partition coefficient (Wildman–Crippen LogP) is 1.67. The Labute approximate surface area is 131 Å². The predicted molar refractivity (Wildman–Crippen MR) is 74.5 cm³/mol.